The Kier molecular flexibility index (Phi) is 9.77. The van der Waals surface area contributed by atoms with Gasteiger partial charge in [-0.3, -0.25) is 4.31 Å². The van der Waals surface area contributed by atoms with Gasteiger partial charge >= 0.3 is 6.03 Å². The zero-order chi connectivity index (χ0) is 20.2. The molecule has 2 aromatic rings. The number of nitrogens with zero attached hydrogens (tertiary/aromatic N) is 1. The molecule has 0 spiro atoms. The first-order valence-corrected chi connectivity index (χ1v) is 10.6. The summed E-state index contributed by atoms with van der Waals surface area (Å²) >= 11 is 4.29. The van der Waals surface area contributed by atoms with Crippen molar-refractivity contribution < 1.29 is 9.53 Å². The van der Waals surface area contributed by atoms with Gasteiger partial charge in [0.2, 0.25) is 0 Å². The Labute approximate surface area is 174 Å². The first-order valence-electron chi connectivity index (χ1n) is 10.2. The lowest BCUT2D eigenvalue weighted by Crippen LogP contribution is -2.27. The largest absolute Gasteiger partial charge is 0.486 e. The maximum atomic E-state index is 12.3. The lowest BCUT2D eigenvalue weighted by Gasteiger charge is -2.20. The number of anilines is 1. The summed E-state index contributed by atoms with van der Waals surface area (Å²) in [5.41, 5.74) is 1.88. The number of rotatable bonds is 11. The topological polar surface area (TPSA) is 41.6 Å². The second kappa shape index (κ2) is 12.3. The van der Waals surface area contributed by atoms with Crippen molar-refractivity contribution >= 4 is 24.5 Å². The standard InChI is InChI=1S/C23H32N2O2S/c1-3-5-10-17-25(28)23(26)24-20-14-11-15-21(18-20)27-22(16-6-4-2)19-12-8-7-9-13-19/h7-9,11-15,18,22,28H,3-6,10,16-17H2,1-2H3,(H,24,26). The van der Waals surface area contributed by atoms with Crippen LogP contribution in [0.5, 0.6) is 5.75 Å². The van der Waals surface area contributed by atoms with Crippen LogP contribution in [0.2, 0.25) is 0 Å². The predicted molar refractivity (Wildman–Crippen MR) is 120 cm³/mol. The van der Waals surface area contributed by atoms with Crippen LogP contribution in [-0.2, 0) is 0 Å². The molecule has 2 rings (SSSR count). The van der Waals surface area contributed by atoms with Crippen molar-refractivity contribution in [3.8, 4) is 5.75 Å². The molecule has 152 valence electrons. The molecule has 0 saturated heterocycles. The van der Waals surface area contributed by atoms with Crippen molar-refractivity contribution in [3.63, 3.8) is 0 Å². The Morgan fingerprint density at radius 3 is 2.50 bits per heavy atom. The normalized spacial score (nSPS) is 11.7. The van der Waals surface area contributed by atoms with Crippen molar-refractivity contribution in [2.45, 2.75) is 58.5 Å². The lowest BCUT2D eigenvalue weighted by atomic mass is 10.0. The van der Waals surface area contributed by atoms with E-state index >= 15 is 0 Å². The lowest BCUT2D eigenvalue weighted by molar-refractivity contribution is 0.191. The van der Waals surface area contributed by atoms with Crippen LogP contribution in [0.1, 0.15) is 64.0 Å². The smallest absolute Gasteiger partial charge is 0.331 e. The van der Waals surface area contributed by atoms with Crippen molar-refractivity contribution in [2.24, 2.45) is 0 Å². The highest BCUT2D eigenvalue weighted by Crippen LogP contribution is 2.28. The van der Waals surface area contributed by atoms with Crippen molar-refractivity contribution in [3.05, 3.63) is 60.2 Å². The fourth-order valence-corrected chi connectivity index (χ4v) is 3.15. The van der Waals surface area contributed by atoms with Crippen LogP contribution in [0.15, 0.2) is 54.6 Å². The van der Waals surface area contributed by atoms with Gasteiger partial charge in [-0.15, -0.1) is 0 Å². The molecular formula is C23H32N2O2S. The van der Waals surface area contributed by atoms with E-state index in [1.54, 1.807) is 0 Å². The molecule has 0 bridgehead atoms. The van der Waals surface area contributed by atoms with Gasteiger partial charge in [-0.1, -0.05) is 82.3 Å². The van der Waals surface area contributed by atoms with E-state index < -0.39 is 0 Å². The maximum absolute atomic E-state index is 12.3. The summed E-state index contributed by atoms with van der Waals surface area (Å²) in [7, 11) is 0. The molecule has 1 N–H and O–H groups in total. The van der Waals surface area contributed by atoms with Gasteiger partial charge in [-0.25, -0.2) is 4.79 Å². The van der Waals surface area contributed by atoms with Crippen LogP contribution in [0.4, 0.5) is 10.5 Å². The van der Waals surface area contributed by atoms with Gasteiger partial charge in [-0.2, -0.15) is 0 Å². The average molecular weight is 401 g/mol. The number of hydrogen-bond donors (Lipinski definition) is 2. The number of unbranched alkanes of at least 4 members (excludes halogenated alkanes) is 3. The number of benzene rings is 2. The van der Waals surface area contributed by atoms with Crippen molar-refractivity contribution in [2.75, 3.05) is 11.9 Å². The molecule has 0 aromatic heterocycles. The summed E-state index contributed by atoms with van der Waals surface area (Å²) in [6.07, 6.45) is 6.34. The minimum absolute atomic E-state index is 0.00234. The van der Waals surface area contributed by atoms with E-state index in [1.165, 1.54) is 9.87 Å². The number of thiol groups is 1. The van der Waals surface area contributed by atoms with Crippen LogP contribution < -0.4 is 10.1 Å². The number of urea groups is 1. The molecule has 28 heavy (non-hydrogen) atoms. The number of nitrogens with one attached hydrogen (secondary N) is 1. The van der Waals surface area contributed by atoms with Crippen LogP contribution >= 0.6 is 12.8 Å². The number of amides is 2. The Balaban J connectivity index is 2.01. The van der Waals surface area contributed by atoms with E-state index in [-0.39, 0.29) is 12.1 Å². The average Bonchev–Trinajstić information content (AvgIpc) is 2.72. The Morgan fingerprint density at radius 2 is 1.79 bits per heavy atom. The van der Waals surface area contributed by atoms with Crippen molar-refractivity contribution in [1.29, 1.82) is 0 Å². The second-order valence-electron chi connectivity index (χ2n) is 6.95. The summed E-state index contributed by atoms with van der Waals surface area (Å²) in [6.45, 7) is 4.95. The highest BCUT2D eigenvalue weighted by molar-refractivity contribution is 7.78. The summed E-state index contributed by atoms with van der Waals surface area (Å²) in [6, 6.07) is 17.6. The van der Waals surface area contributed by atoms with Crippen molar-refractivity contribution in [1.82, 2.24) is 4.31 Å². The molecule has 0 heterocycles. The summed E-state index contributed by atoms with van der Waals surface area (Å²) in [5, 5.41) is 2.90. The van der Waals surface area contributed by atoms with E-state index in [0.717, 1.165) is 44.3 Å². The summed E-state index contributed by atoms with van der Waals surface area (Å²) < 4.78 is 7.71. The molecule has 0 aliphatic rings. The number of carbonyl (C=O) groups excluding carboxylic acids is 1. The maximum Gasteiger partial charge on any atom is 0.331 e. The highest BCUT2D eigenvalue weighted by Gasteiger charge is 2.14. The molecule has 0 fully saturated rings. The summed E-state index contributed by atoms with van der Waals surface area (Å²) in [4.78, 5) is 12.3. The van der Waals surface area contributed by atoms with Crippen LogP contribution in [0.25, 0.3) is 0 Å². The van der Waals surface area contributed by atoms with E-state index in [4.69, 9.17) is 4.74 Å². The monoisotopic (exact) mass is 400 g/mol. The minimum atomic E-state index is -0.220. The number of ether oxygens (including phenoxy) is 1. The van der Waals surface area contributed by atoms with Crippen LogP contribution in [-0.4, -0.2) is 16.9 Å². The first-order chi connectivity index (χ1) is 13.6. The minimum Gasteiger partial charge on any atom is -0.486 e. The Morgan fingerprint density at radius 1 is 1.04 bits per heavy atom. The number of hydrogen-bond acceptors (Lipinski definition) is 3. The van der Waals surface area contributed by atoms with Gasteiger partial charge in [0, 0.05) is 18.3 Å². The van der Waals surface area contributed by atoms with E-state index in [2.05, 4.69) is 44.1 Å². The van der Waals surface area contributed by atoms with Gasteiger partial charge in [0.25, 0.3) is 0 Å². The molecule has 1 unspecified atom stereocenters. The highest BCUT2D eigenvalue weighted by atomic mass is 32.1. The molecule has 0 aliphatic carbocycles. The fraction of sp³-hybridized carbons (Fsp3) is 0.435. The van der Waals surface area contributed by atoms with Crippen LogP contribution in [0, 0.1) is 0 Å². The van der Waals surface area contributed by atoms with E-state index in [1.807, 2.05) is 42.5 Å². The van der Waals surface area contributed by atoms with E-state index in [0.29, 0.717) is 12.2 Å². The SMILES string of the molecule is CCCCCN(S)C(=O)Nc1cccc(OC(CCCC)c2ccccc2)c1. The third-order valence-electron chi connectivity index (χ3n) is 4.56. The molecule has 5 heteroatoms. The summed E-state index contributed by atoms with van der Waals surface area (Å²) in [5.74, 6) is 0.749. The third-order valence-corrected chi connectivity index (χ3v) is 4.94. The predicted octanol–water partition coefficient (Wildman–Crippen LogP) is 6.87. The molecule has 0 saturated carbocycles. The quantitative estimate of drug-likeness (QED) is 0.319. The second-order valence-corrected chi connectivity index (χ2v) is 7.43. The Bertz CT molecular complexity index is 709. The molecule has 2 amide bonds. The third kappa shape index (κ3) is 7.47. The molecular weight excluding hydrogens is 368 g/mol. The van der Waals surface area contributed by atoms with E-state index in [9.17, 15) is 4.79 Å². The number of carbonyl (C=O) groups is 1. The fourth-order valence-electron chi connectivity index (χ4n) is 2.96. The molecule has 2 aromatic carbocycles. The zero-order valence-corrected chi connectivity index (χ0v) is 17.8. The molecule has 1 atom stereocenters. The van der Waals surface area contributed by atoms with Gasteiger partial charge in [0.05, 0.1) is 0 Å². The van der Waals surface area contributed by atoms with Gasteiger partial charge < -0.3 is 10.1 Å². The molecule has 0 aliphatic heterocycles. The van der Waals surface area contributed by atoms with Crippen LogP contribution in [0.3, 0.4) is 0 Å². The van der Waals surface area contributed by atoms with Gasteiger partial charge in [0.1, 0.15) is 11.9 Å². The Hall–Kier alpha value is -2.14. The van der Waals surface area contributed by atoms with Gasteiger partial charge in [0.15, 0.2) is 0 Å². The molecule has 0 radical (unpaired) electrons. The molecule has 4 nitrogen and oxygen atoms in total. The van der Waals surface area contributed by atoms with Gasteiger partial charge in [-0.05, 0) is 37.0 Å². The first kappa shape index (κ1) is 22.2. The zero-order valence-electron chi connectivity index (χ0n) is 16.9.